The molecule has 0 spiro atoms. The van der Waals surface area contributed by atoms with Crippen LogP contribution in [0.5, 0.6) is 0 Å². The Morgan fingerprint density at radius 2 is 2.14 bits per heavy atom. The molecule has 0 aromatic heterocycles. The summed E-state index contributed by atoms with van der Waals surface area (Å²) >= 11 is 4.64. The van der Waals surface area contributed by atoms with Crippen molar-refractivity contribution in [2.75, 3.05) is 25.4 Å². The number of carbonyl (C=O) groups is 2. The van der Waals surface area contributed by atoms with E-state index in [1.54, 1.807) is 20.8 Å². The molecule has 0 aromatic rings. The quantitative estimate of drug-likeness (QED) is 0.412. The topological polar surface area (TPSA) is 92.3 Å². The Hall–Kier alpha value is -0.980. The smallest absolute Gasteiger partial charge is 0.408 e. The molecule has 1 fully saturated rings. The minimum atomic E-state index is -2.73. The molecule has 0 bridgehead atoms. The molecule has 166 valence electrons. The van der Waals surface area contributed by atoms with Crippen molar-refractivity contribution in [3.05, 3.63) is 0 Å². The summed E-state index contributed by atoms with van der Waals surface area (Å²) in [7, 11) is 0. The molecule has 0 aromatic carbocycles. The van der Waals surface area contributed by atoms with Crippen molar-refractivity contribution in [2.45, 2.75) is 62.7 Å². The van der Waals surface area contributed by atoms with Gasteiger partial charge in [-0.15, -0.1) is 11.8 Å². The highest BCUT2D eigenvalue weighted by Crippen LogP contribution is 2.27. The van der Waals surface area contributed by atoms with Gasteiger partial charge in [0.2, 0.25) is 0 Å². The van der Waals surface area contributed by atoms with Crippen molar-refractivity contribution >= 4 is 44.7 Å². The van der Waals surface area contributed by atoms with Crippen LogP contribution in [0.3, 0.4) is 0 Å². The second-order valence-electron chi connectivity index (χ2n) is 7.59. The molecule has 0 saturated carbocycles. The van der Waals surface area contributed by atoms with Crippen molar-refractivity contribution in [1.82, 2.24) is 15.8 Å². The summed E-state index contributed by atoms with van der Waals surface area (Å²) in [5.74, 6) is 0.0790. The Morgan fingerprint density at radius 3 is 2.66 bits per heavy atom. The van der Waals surface area contributed by atoms with Crippen LogP contribution in [0, 0.1) is 0 Å². The number of amides is 2. The van der Waals surface area contributed by atoms with Crippen LogP contribution in [0.1, 0.15) is 33.6 Å². The number of rotatable bonds is 7. The molecule has 2 heterocycles. The minimum absolute atomic E-state index is 0.217. The molecule has 3 atom stereocenters. The van der Waals surface area contributed by atoms with E-state index in [2.05, 4.69) is 31.7 Å². The maximum absolute atomic E-state index is 13.2. The summed E-state index contributed by atoms with van der Waals surface area (Å²) < 4.78 is 36.4. The zero-order chi connectivity index (χ0) is 21.6. The van der Waals surface area contributed by atoms with E-state index in [9.17, 15) is 18.4 Å². The average molecular weight is 501 g/mol. The third kappa shape index (κ3) is 7.99. The molecule has 12 heteroatoms. The highest BCUT2D eigenvalue weighted by Gasteiger charge is 2.40. The van der Waals surface area contributed by atoms with E-state index < -0.39 is 42.8 Å². The number of alkyl halides is 3. The van der Waals surface area contributed by atoms with Crippen LogP contribution in [-0.2, 0) is 14.3 Å². The van der Waals surface area contributed by atoms with E-state index in [0.717, 1.165) is 12.8 Å². The average Bonchev–Trinajstić information content (AvgIpc) is 3.05. The summed E-state index contributed by atoms with van der Waals surface area (Å²) in [5, 5.41) is 4.27. The third-order valence-electron chi connectivity index (χ3n) is 3.90. The van der Waals surface area contributed by atoms with Gasteiger partial charge in [0.25, 0.3) is 12.3 Å². The first-order chi connectivity index (χ1) is 13.6. The van der Waals surface area contributed by atoms with E-state index in [0.29, 0.717) is 23.9 Å². The number of carbonyl (C=O) groups excluding carboxylic acids is 2. The van der Waals surface area contributed by atoms with Crippen molar-refractivity contribution in [3.63, 3.8) is 0 Å². The van der Waals surface area contributed by atoms with Gasteiger partial charge in [-0.2, -0.15) is 0 Å². The number of ether oxygens (including phenoxy) is 2. The number of hydrazine groups is 1. The van der Waals surface area contributed by atoms with Crippen LogP contribution < -0.4 is 10.7 Å². The highest BCUT2D eigenvalue weighted by atomic mass is 79.9. The Morgan fingerprint density at radius 1 is 1.41 bits per heavy atom. The van der Waals surface area contributed by atoms with Crippen LogP contribution >= 0.6 is 27.7 Å². The van der Waals surface area contributed by atoms with Gasteiger partial charge in [0.05, 0.1) is 0 Å². The Kier molecular flexibility index (Phi) is 9.11. The van der Waals surface area contributed by atoms with Crippen LogP contribution in [0.4, 0.5) is 13.6 Å². The first-order valence-corrected chi connectivity index (χ1v) is 11.3. The molecule has 2 amide bonds. The molecule has 8 nitrogen and oxygen atoms in total. The molecular formula is C17H27BrF2N4O4S. The Bertz CT molecular complexity index is 615. The molecule has 29 heavy (non-hydrogen) atoms. The fraction of sp³-hybridized carbons (Fsp3) is 0.824. The fourth-order valence-electron chi connectivity index (χ4n) is 2.75. The zero-order valence-corrected chi connectivity index (χ0v) is 19.0. The highest BCUT2D eigenvalue weighted by molar-refractivity contribution is 9.09. The number of aliphatic imine (C=N–C) groups is 1. The first-order valence-electron chi connectivity index (χ1n) is 9.35. The predicted molar refractivity (Wildman–Crippen MR) is 110 cm³/mol. The second-order valence-corrected chi connectivity index (χ2v) is 9.68. The van der Waals surface area contributed by atoms with Crippen LogP contribution in [-0.4, -0.2) is 76.6 Å². The number of hydrogen-bond donors (Lipinski definition) is 2. The molecule has 1 saturated heterocycles. The largest absolute Gasteiger partial charge is 0.444 e. The second kappa shape index (κ2) is 10.9. The maximum atomic E-state index is 13.2. The van der Waals surface area contributed by atoms with Crippen LogP contribution in [0.2, 0.25) is 0 Å². The van der Waals surface area contributed by atoms with E-state index in [-0.39, 0.29) is 4.95 Å². The molecule has 0 aliphatic carbocycles. The maximum Gasteiger partial charge on any atom is 0.408 e. The van der Waals surface area contributed by atoms with Gasteiger partial charge in [0, 0.05) is 18.8 Å². The minimum Gasteiger partial charge on any atom is -0.444 e. The molecule has 2 rings (SSSR count). The van der Waals surface area contributed by atoms with Crippen molar-refractivity contribution in [1.29, 1.82) is 0 Å². The molecule has 2 aliphatic heterocycles. The third-order valence-corrected chi connectivity index (χ3v) is 5.97. The zero-order valence-electron chi connectivity index (χ0n) is 16.6. The van der Waals surface area contributed by atoms with E-state index in [1.165, 1.54) is 16.8 Å². The van der Waals surface area contributed by atoms with Crippen molar-refractivity contribution in [3.8, 4) is 0 Å². The predicted octanol–water partition coefficient (Wildman–Crippen LogP) is 2.52. The first kappa shape index (κ1) is 24.3. The van der Waals surface area contributed by atoms with Crippen LogP contribution in [0.25, 0.3) is 0 Å². The summed E-state index contributed by atoms with van der Waals surface area (Å²) in [4.78, 5) is 29.7. The SMILES string of the molecule is CC(C)(C)OC(=O)N[C@H](C(=O)N1CCCCN1)[C@H](OCC(F)F)C1=NC(Br)CS1. The lowest BCUT2D eigenvalue weighted by molar-refractivity contribution is -0.141. The van der Waals surface area contributed by atoms with Crippen LogP contribution in [0.15, 0.2) is 4.99 Å². The van der Waals surface area contributed by atoms with Crippen molar-refractivity contribution in [2.24, 2.45) is 4.99 Å². The number of nitrogens with zero attached hydrogens (tertiary/aromatic N) is 2. The fourth-order valence-corrected chi connectivity index (χ4v) is 4.46. The monoisotopic (exact) mass is 500 g/mol. The molecular weight excluding hydrogens is 474 g/mol. The number of halogens is 3. The standard InChI is InChI=1S/C17H27BrF2N4O4S/c1-17(2,3)28-16(26)23-12(15(25)24-7-5-4-6-21-24)13(27-8-11(19)20)14-22-10(18)9-29-14/h10-13,21H,4-9H2,1-3H3,(H,23,26)/t10?,12-,13-/m0/s1. The Balaban J connectivity index is 2.27. The van der Waals surface area contributed by atoms with Crippen molar-refractivity contribution < 1.29 is 27.8 Å². The number of alkyl carbamates (subject to hydrolysis) is 1. The van der Waals surface area contributed by atoms with Gasteiger partial charge >= 0.3 is 6.09 Å². The molecule has 0 radical (unpaired) electrons. The normalized spacial score (nSPS) is 22.2. The van der Waals surface area contributed by atoms with Gasteiger partial charge in [-0.25, -0.2) is 19.0 Å². The lowest BCUT2D eigenvalue weighted by atomic mass is 10.1. The van der Waals surface area contributed by atoms with E-state index >= 15 is 0 Å². The van der Waals surface area contributed by atoms with Gasteiger partial charge in [-0.3, -0.25) is 14.8 Å². The molecule has 1 unspecified atom stereocenters. The lowest BCUT2D eigenvalue weighted by Gasteiger charge is -2.34. The van der Waals surface area contributed by atoms with Gasteiger partial charge in [-0.05, 0) is 33.6 Å². The van der Waals surface area contributed by atoms with E-state index in [1.807, 2.05) is 0 Å². The van der Waals surface area contributed by atoms with E-state index in [4.69, 9.17) is 9.47 Å². The molecule has 2 aliphatic rings. The summed E-state index contributed by atoms with van der Waals surface area (Å²) in [6.45, 7) is 5.22. The summed E-state index contributed by atoms with van der Waals surface area (Å²) in [6.07, 6.45) is -3.01. The number of nitrogens with one attached hydrogen (secondary N) is 2. The molecule has 2 N–H and O–H groups in total. The van der Waals surface area contributed by atoms with Gasteiger partial charge in [-0.1, -0.05) is 15.9 Å². The summed E-state index contributed by atoms with van der Waals surface area (Å²) in [5.41, 5.74) is 2.18. The van der Waals surface area contributed by atoms with Gasteiger partial charge < -0.3 is 14.8 Å². The van der Waals surface area contributed by atoms with Gasteiger partial charge in [0.15, 0.2) is 0 Å². The Labute approximate surface area is 181 Å². The lowest BCUT2D eigenvalue weighted by Crippen LogP contribution is -2.61. The number of hydrogen-bond acceptors (Lipinski definition) is 7. The number of thioether (sulfide) groups is 1. The summed E-state index contributed by atoms with van der Waals surface area (Å²) in [6, 6.07) is -1.27. The van der Waals surface area contributed by atoms with Gasteiger partial charge in [0.1, 0.15) is 34.3 Å².